The number of ether oxygens (including phenoxy) is 3. The zero-order valence-corrected chi connectivity index (χ0v) is 13.0. The number of piperidine rings is 1. The largest absolute Gasteiger partial charge is 0.373 e. The van der Waals surface area contributed by atoms with Crippen molar-refractivity contribution < 1.29 is 19.0 Å². The Labute approximate surface area is 126 Å². The van der Waals surface area contributed by atoms with Gasteiger partial charge in [-0.2, -0.15) is 0 Å². The van der Waals surface area contributed by atoms with E-state index in [1.165, 1.54) is 0 Å². The van der Waals surface area contributed by atoms with Gasteiger partial charge in [-0.15, -0.1) is 0 Å². The topological polar surface area (TPSA) is 51.2 Å². The molecule has 3 aliphatic heterocycles. The molecule has 0 bridgehead atoms. The second kappa shape index (κ2) is 6.20. The molecule has 1 amide bonds. The van der Waals surface area contributed by atoms with Crippen LogP contribution < -0.4 is 0 Å². The maximum absolute atomic E-state index is 12.4. The minimum Gasteiger partial charge on any atom is -0.373 e. The molecule has 0 aliphatic carbocycles. The Balaban J connectivity index is 1.48. The van der Waals surface area contributed by atoms with Gasteiger partial charge < -0.3 is 19.1 Å². The van der Waals surface area contributed by atoms with Gasteiger partial charge in [0.05, 0.1) is 32.0 Å². The summed E-state index contributed by atoms with van der Waals surface area (Å²) in [5.74, 6) is -0.192. The van der Waals surface area contributed by atoms with Crippen LogP contribution >= 0.6 is 0 Å². The summed E-state index contributed by atoms with van der Waals surface area (Å²) in [5.41, 5.74) is 0. The lowest BCUT2D eigenvalue weighted by Crippen LogP contribution is -2.52. The third-order valence-electron chi connectivity index (χ3n) is 4.55. The van der Waals surface area contributed by atoms with Crippen molar-refractivity contribution in [2.24, 2.45) is 0 Å². The van der Waals surface area contributed by atoms with Crippen LogP contribution in [0, 0.1) is 0 Å². The smallest absolute Gasteiger partial charge is 0.236 e. The van der Waals surface area contributed by atoms with Gasteiger partial charge in [0.15, 0.2) is 5.79 Å². The number of carbonyl (C=O) groups is 1. The highest BCUT2D eigenvalue weighted by molar-refractivity contribution is 5.78. The van der Waals surface area contributed by atoms with E-state index in [1.807, 2.05) is 4.90 Å². The molecule has 3 rings (SSSR count). The molecular weight excluding hydrogens is 272 g/mol. The van der Waals surface area contributed by atoms with Crippen molar-refractivity contribution in [1.29, 1.82) is 0 Å². The summed E-state index contributed by atoms with van der Waals surface area (Å²) < 4.78 is 17.1. The van der Waals surface area contributed by atoms with Crippen molar-refractivity contribution in [1.82, 2.24) is 9.80 Å². The third kappa shape index (κ3) is 3.56. The number of rotatable bonds is 2. The first kappa shape index (κ1) is 15.2. The van der Waals surface area contributed by atoms with Gasteiger partial charge in [0, 0.05) is 39.0 Å². The quantitative estimate of drug-likeness (QED) is 0.741. The molecule has 3 fully saturated rings. The Bertz CT molecular complexity index is 364. The van der Waals surface area contributed by atoms with Crippen LogP contribution in [0.5, 0.6) is 0 Å². The van der Waals surface area contributed by atoms with Crippen molar-refractivity contribution in [3.8, 4) is 0 Å². The molecule has 21 heavy (non-hydrogen) atoms. The van der Waals surface area contributed by atoms with Gasteiger partial charge in [0.1, 0.15) is 0 Å². The van der Waals surface area contributed by atoms with Gasteiger partial charge in [-0.25, -0.2) is 0 Å². The molecule has 0 radical (unpaired) electrons. The first-order valence-corrected chi connectivity index (χ1v) is 8.00. The number of morpholine rings is 1. The van der Waals surface area contributed by atoms with Crippen LogP contribution in [-0.2, 0) is 19.0 Å². The van der Waals surface area contributed by atoms with Gasteiger partial charge in [-0.3, -0.25) is 9.69 Å². The second-order valence-electron chi connectivity index (χ2n) is 6.44. The summed E-state index contributed by atoms with van der Waals surface area (Å²) in [7, 11) is 0. The number of amides is 1. The van der Waals surface area contributed by atoms with E-state index in [2.05, 4.69) is 18.7 Å². The predicted molar refractivity (Wildman–Crippen MR) is 76.9 cm³/mol. The van der Waals surface area contributed by atoms with Crippen LogP contribution in [-0.4, -0.2) is 79.6 Å². The number of nitrogens with zero attached hydrogens (tertiary/aromatic N) is 2. The molecule has 0 unspecified atom stereocenters. The van der Waals surface area contributed by atoms with Crippen LogP contribution in [0.3, 0.4) is 0 Å². The molecule has 3 aliphatic rings. The summed E-state index contributed by atoms with van der Waals surface area (Å²) in [4.78, 5) is 16.6. The van der Waals surface area contributed by atoms with Crippen molar-refractivity contribution in [3.05, 3.63) is 0 Å². The predicted octanol–water partition coefficient (Wildman–Crippen LogP) is 0.461. The van der Waals surface area contributed by atoms with E-state index < -0.39 is 5.79 Å². The zero-order valence-electron chi connectivity index (χ0n) is 13.0. The van der Waals surface area contributed by atoms with Crippen LogP contribution in [0.4, 0.5) is 0 Å². The summed E-state index contributed by atoms with van der Waals surface area (Å²) in [6, 6.07) is 0. The van der Waals surface area contributed by atoms with Gasteiger partial charge in [-0.1, -0.05) is 0 Å². The molecule has 6 nitrogen and oxygen atoms in total. The normalized spacial score (nSPS) is 33.5. The van der Waals surface area contributed by atoms with Crippen LogP contribution in [0.25, 0.3) is 0 Å². The minimum atomic E-state index is -0.404. The molecule has 0 N–H and O–H groups in total. The summed E-state index contributed by atoms with van der Waals surface area (Å²) in [6.07, 6.45) is 1.97. The molecule has 0 aromatic carbocycles. The standard InChI is InChI=1S/C15H26N2O4/c1-12-9-16(10-13(2)21-12)11-14(18)17-5-3-15(4-6-17)19-7-8-20-15/h12-13H,3-11H2,1-2H3/t12-,13-/m1/s1. The highest BCUT2D eigenvalue weighted by Crippen LogP contribution is 2.31. The molecule has 0 aromatic heterocycles. The average molecular weight is 298 g/mol. The Hall–Kier alpha value is -0.690. The fourth-order valence-electron chi connectivity index (χ4n) is 3.59. The van der Waals surface area contributed by atoms with E-state index >= 15 is 0 Å². The van der Waals surface area contributed by atoms with E-state index in [-0.39, 0.29) is 18.1 Å². The molecule has 2 atom stereocenters. The van der Waals surface area contributed by atoms with Gasteiger partial charge >= 0.3 is 0 Å². The lowest BCUT2D eigenvalue weighted by atomic mass is 10.0. The van der Waals surface area contributed by atoms with Gasteiger partial charge in [0.25, 0.3) is 0 Å². The molecule has 0 aromatic rings. The maximum atomic E-state index is 12.4. The summed E-state index contributed by atoms with van der Waals surface area (Å²) in [5, 5.41) is 0. The Kier molecular flexibility index (Phi) is 4.49. The fraction of sp³-hybridized carbons (Fsp3) is 0.933. The van der Waals surface area contributed by atoms with Crippen molar-refractivity contribution in [3.63, 3.8) is 0 Å². The van der Waals surface area contributed by atoms with Gasteiger partial charge in [0.2, 0.25) is 5.91 Å². The van der Waals surface area contributed by atoms with E-state index in [9.17, 15) is 4.79 Å². The van der Waals surface area contributed by atoms with Crippen LogP contribution in [0.2, 0.25) is 0 Å². The molecule has 6 heteroatoms. The van der Waals surface area contributed by atoms with Gasteiger partial charge in [-0.05, 0) is 13.8 Å². The number of hydrogen-bond acceptors (Lipinski definition) is 5. The molecule has 3 heterocycles. The molecule has 1 spiro atoms. The fourth-order valence-corrected chi connectivity index (χ4v) is 3.59. The number of hydrogen-bond donors (Lipinski definition) is 0. The lowest BCUT2D eigenvalue weighted by Gasteiger charge is -2.39. The number of likely N-dealkylation sites (tertiary alicyclic amines) is 1. The SMILES string of the molecule is C[C@@H]1CN(CC(=O)N2CCC3(CC2)OCCO3)C[C@@H](C)O1. The monoisotopic (exact) mass is 298 g/mol. The highest BCUT2D eigenvalue weighted by atomic mass is 16.7. The minimum absolute atomic E-state index is 0.200. The van der Waals surface area contributed by atoms with Crippen LogP contribution in [0.15, 0.2) is 0 Å². The van der Waals surface area contributed by atoms with E-state index in [0.717, 1.165) is 39.0 Å². The molecular formula is C15H26N2O4. The van der Waals surface area contributed by atoms with Crippen LogP contribution in [0.1, 0.15) is 26.7 Å². The van der Waals surface area contributed by atoms with Crippen molar-refractivity contribution in [2.45, 2.75) is 44.7 Å². The summed E-state index contributed by atoms with van der Waals surface area (Å²) in [6.45, 7) is 9.10. The first-order valence-electron chi connectivity index (χ1n) is 8.00. The summed E-state index contributed by atoms with van der Waals surface area (Å²) >= 11 is 0. The first-order chi connectivity index (χ1) is 10.1. The Morgan fingerprint density at radius 1 is 1.10 bits per heavy atom. The molecule has 3 saturated heterocycles. The van der Waals surface area contributed by atoms with E-state index in [1.54, 1.807) is 0 Å². The third-order valence-corrected chi connectivity index (χ3v) is 4.55. The van der Waals surface area contributed by atoms with Crippen molar-refractivity contribution >= 4 is 5.91 Å². The zero-order chi connectivity index (χ0) is 14.9. The number of carbonyl (C=O) groups excluding carboxylic acids is 1. The second-order valence-corrected chi connectivity index (χ2v) is 6.44. The molecule has 0 saturated carbocycles. The average Bonchev–Trinajstić information content (AvgIpc) is 2.86. The Morgan fingerprint density at radius 2 is 1.67 bits per heavy atom. The van der Waals surface area contributed by atoms with E-state index in [4.69, 9.17) is 14.2 Å². The van der Waals surface area contributed by atoms with Crippen molar-refractivity contribution in [2.75, 3.05) is 45.9 Å². The lowest BCUT2D eigenvalue weighted by molar-refractivity contribution is -0.188. The van der Waals surface area contributed by atoms with E-state index in [0.29, 0.717) is 19.8 Å². The maximum Gasteiger partial charge on any atom is 0.236 e. The Morgan fingerprint density at radius 3 is 2.24 bits per heavy atom. The highest BCUT2D eigenvalue weighted by Gasteiger charge is 2.41. The molecule has 120 valence electrons.